The molecule has 1 rings (SSSR count). The average molecular weight is 242 g/mol. The summed E-state index contributed by atoms with van der Waals surface area (Å²) in [5.41, 5.74) is 5.53. The van der Waals surface area contributed by atoms with Crippen molar-refractivity contribution < 1.29 is 0 Å². The van der Waals surface area contributed by atoms with Crippen LogP contribution in [0.5, 0.6) is 0 Å². The number of rotatable bonds is 5. The molecule has 0 amide bonds. The molecule has 0 bridgehead atoms. The maximum absolute atomic E-state index is 5.51. The molecule has 0 aliphatic heterocycles. The highest BCUT2D eigenvalue weighted by molar-refractivity contribution is 7.09. The van der Waals surface area contributed by atoms with Crippen LogP contribution in [0.3, 0.4) is 0 Å². The minimum atomic E-state index is 0.0271. The van der Waals surface area contributed by atoms with Gasteiger partial charge in [-0.15, -0.1) is 0 Å². The van der Waals surface area contributed by atoms with Gasteiger partial charge in [0.2, 0.25) is 5.13 Å². The Labute approximate surface area is 102 Å². The van der Waals surface area contributed by atoms with E-state index in [2.05, 4.69) is 42.4 Å². The van der Waals surface area contributed by atoms with E-state index in [0.29, 0.717) is 5.92 Å². The Kier molecular flexibility index (Phi) is 4.68. The molecule has 0 aromatic carbocycles. The van der Waals surface area contributed by atoms with Gasteiger partial charge in [-0.3, -0.25) is 0 Å². The van der Waals surface area contributed by atoms with Crippen LogP contribution in [0.4, 0.5) is 5.13 Å². The molecule has 0 radical (unpaired) electrons. The lowest BCUT2D eigenvalue weighted by Crippen LogP contribution is -2.16. The lowest BCUT2D eigenvalue weighted by Gasteiger charge is -2.12. The number of hydrogen-bond donors (Lipinski definition) is 2. The van der Waals surface area contributed by atoms with E-state index in [0.717, 1.165) is 30.5 Å². The van der Waals surface area contributed by atoms with Crippen LogP contribution in [0.25, 0.3) is 0 Å². The van der Waals surface area contributed by atoms with Gasteiger partial charge in [0.25, 0.3) is 0 Å². The second kappa shape index (κ2) is 5.59. The van der Waals surface area contributed by atoms with Gasteiger partial charge in [-0.1, -0.05) is 27.7 Å². The van der Waals surface area contributed by atoms with Crippen molar-refractivity contribution in [1.82, 2.24) is 9.36 Å². The second-order valence-electron chi connectivity index (χ2n) is 5.24. The molecule has 1 aromatic heterocycles. The maximum Gasteiger partial charge on any atom is 0.202 e. The molecule has 4 nitrogen and oxygen atoms in total. The molecule has 0 fully saturated rings. The molecule has 0 saturated heterocycles. The van der Waals surface area contributed by atoms with Gasteiger partial charge in [-0.05, 0) is 18.9 Å². The van der Waals surface area contributed by atoms with Crippen LogP contribution in [0, 0.1) is 5.92 Å². The van der Waals surface area contributed by atoms with E-state index in [1.54, 1.807) is 0 Å². The van der Waals surface area contributed by atoms with Crippen molar-refractivity contribution in [2.24, 2.45) is 11.7 Å². The van der Waals surface area contributed by atoms with E-state index >= 15 is 0 Å². The van der Waals surface area contributed by atoms with Gasteiger partial charge in [0.05, 0.1) is 0 Å². The molecule has 0 aliphatic rings. The van der Waals surface area contributed by atoms with Crippen LogP contribution in [0.15, 0.2) is 0 Å². The first-order valence-corrected chi connectivity index (χ1v) is 6.49. The zero-order valence-electron chi connectivity index (χ0n) is 10.6. The van der Waals surface area contributed by atoms with Crippen molar-refractivity contribution >= 4 is 16.7 Å². The highest BCUT2D eigenvalue weighted by Crippen LogP contribution is 2.23. The monoisotopic (exact) mass is 242 g/mol. The predicted octanol–water partition coefficient (Wildman–Crippen LogP) is 2.23. The van der Waals surface area contributed by atoms with Gasteiger partial charge in [0.15, 0.2) is 0 Å². The summed E-state index contributed by atoms with van der Waals surface area (Å²) >= 11 is 1.43. The third-order valence-corrected chi connectivity index (χ3v) is 3.03. The Morgan fingerprint density at radius 3 is 2.62 bits per heavy atom. The smallest absolute Gasteiger partial charge is 0.202 e. The average Bonchev–Trinajstić information content (AvgIpc) is 2.63. The highest BCUT2D eigenvalue weighted by atomic mass is 32.1. The molecule has 3 N–H and O–H groups in total. The molecule has 0 spiro atoms. The number of nitrogens with zero attached hydrogens (tertiary/aromatic N) is 2. The zero-order chi connectivity index (χ0) is 12.2. The summed E-state index contributed by atoms with van der Waals surface area (Å²) in [4.78, 5) is 4.48. The molecule has 92 valence electrons. The summed E-state index contributed by atoms with van der Waals surface area (Å²) in [6, 6.07) is 0. The van der Waals surface area contributed by atoms with E-state index in [-0.39, 0.29) is 5.41 Å². The van der Waals surface area contributed by atoms with E-state index in [4.69, 9.17) is 5.73 Å². The first-order chi connectivity index (χ1) is 7.43. The minimum Gasteiger partial charge on any atom is -0.360 e. The van der Waals surface area contributed by atoms with Crippen LogP contribution >= 0.6 is 11.5 Å². The SMILES string of the molecule is CC(CCN)CNc1nc(C(C)(C)C)ns1. The minimum absolute atomic E-state index is 0.0271. The number of anilines is 1. The van der Waals surface area contributed by atoms with Gasteiger partial charge in [0, 0.05) is 23.5 Å². The first-order valence-electron chi connectivity index (χ1n) is 5.71. The fourth-order valence-electron chi connectivity index (χ4n) is 1.25. The summed E-state index contributed by atoms with van der Waals surface area (Å²) in [7, 11) is 0. The Hall–Kier alpha value is -0.680. The number of nitrogens with one attached hydrogen (secondary N) is 1. The topological polar surface area (TPSA) is 63.8 Å². The predicted molar refractivity (Wildman–Crippen MR) is 69.9 cm³/mol. The fraction of sp³-hybridized carbons (Fsp3) is 0.818. The Morgan fingerprint density at radius 1 is 1.44 bits per heavy atom. The molecule has 1 aromatic rings. The molecule has 0 saturated carbocycles. The normalized spacial score (nSPS) is 13.8. The molecule has 16 heavy (non-hydrogen) atoms. The van der Waals surface area contributed by atoms with Gasteiger partial charge in [0.1, 0.15) is 5.82 Å². The van der Waals surface area contributed by atoms with Crippen molar-refractivity contribution in [3.8, 4) is 0 Å². The zero-order valence-corrected chi connectivity index (χ0v) is 11.4. The molecule has 5 heteroatoms. The molecular weight excluding hydrogens is 220 g/mol. The van der Waals surface area contributed by atoms with Gasteiger partial charge >= 0.3 is 0 Å². The quantitative estimate of drug-likeness (QED) is 0.831. The third-order valence-electron chi connectivity index (χ3n) is 2.36. The number of nitrogens with two attached hydrogens (primary N) is 1. The summed E-state index contributed by atoms with van der Waals surface area (Å²) in [5, 5.41) is 4.22. The molecule has 1 heterocycles. The van der Waals surface area contributed by atoms with Crippen molar-refractivity contribution in [3.63, 3.8) is 0 Å². The Morgan fingerprint density at radius 2 is 2.12 bits per heavy atom. The van der Waals surface area contributed by atoms with Gasteiger partial charge < -0.3 is 11.1 Å². The first kappa shape index (κ1) is 13.4. The van der Waals surface area contributed by atoms with Crippen molar-refractivity contribution in [2.45, 2.75) is 39.5 Å². The van der Waals surface area contributed by atoms with E-state index < -0.39 is 0 Å². The number of hydrogen-bond acceptors (Lipinski definition) is 5. The van der Waals surface area contributed by atoms with E-state index in [1.165, 1.54) is 11.5 Å². The van der Waals surface area contributed by atoms with E-state index in [9.17, 15) is 0 Å². The van der Waals surface area contributed by atoms with Crippen molar-refractivity contribution in [1.29, 1.82) is 0 Å². The maximum atomic E-state index is 5.51. The fourth-order valence-corrected chi connectivity index (χ4v) is 2.01. The van der Waals surface area contributed by atoms with Crippen LogP contribution in [-0.2, 0) is 5.41 Å². The second-order valence-corrected chi connectivity index (χ2v) is 5.99. The van der Waals surface area contributed by atoms with E-state index in [1.807, 2.05) is 0 Å². The molecule has 0 aliphatic carbocycles. The summed E-state index contributed by atoms with van der Waals surface area (Å²) < 4.78 is 4.35. The standard InChI is InChI=1S/C11H22N4S/c1-8(5-6-12)7-13-10-14-9(15-16-10)11(2,3)4/h8H,5-7,12H2,1-4H3,(H,13,14,15). The lowest BCUT2D eigenvalue weighted by atomic mass is 9.96. The van der Waals surface area contributed by atoms with Crippen LogP contribution < -0.4 is 11.1 Å². The third kappa shape index (κ3) is 4.06. The lowest BCUT2D eigenvalue weighted by molar-refractivity contribution is 0.552. The van der Waals surface area contributed by atoms with Crippen LogP contribution in [-0.4, -0.2) is 22.4 Å². The Bertz CT molecular complexity index is 316. The van der Waals surface area contributed by atoms with Crippen LogP contribution in [0.1, 0.15) is 39.9 Å². The number of aromatic nitrogens is 2. The summed E-state index contributed by atoms with van der Waals surface area (Å²) in [6.45, 7) is 10.2. The van der Waals surface area contributed by atoms with Crippen molar-refractivity contribution in [2.75, 3.05) is 18.4 Å². The molecular formula is C11H22N4S. The van der Waals surface area contributed by atoms with Gasteiger partial charge in [-0.25, -0.2) is 4.98 Å². The molecule has 1 atom stereocenters. The van der Waals surface area contributed by atoms with Gasteiger partial charge in [-0.2, -0.15) is 4.37 Å². The largest absolute Gasteiger partial charge is 0.360 e. The summed E-state index contributed by atoms with van der Waals surface area (Å²) in [5.74, 6) is 1.48. The van der Waals surface area contributed by atoms with Crippen molar-refractivity contribution in [3.05, 3.63) is 5.82 Å². The van der Waals surface area contributed by atoms with Crippen LogP contribution in [0.2, 0.25) is 0 Å². The summed E-state index contributed by atoms with van der Waals surface area (Å²) in [6.07, 6.45) is 1.04. The molecule has 1 unspecified atom stereocenters. The Balaban J connectivity index is 2.47. The highest BCUT2D eigenvalue weighted by Gasteiger charge is 2.19.